The normalized spacial score (nSPS) is 10.4. The Bertz CT molecular complexity index is 371. The highest BCUT2D eigenvalue weighted by molar-refractivity contribution is 5.67. The van der Waals surface area contributed by atoms with Crippen molar-refractivity contribution in [3.63, 3.8) is 0 Å². The highest BCUT2D eigenvalue weighted by Gasteiger charge is 2.08. The fourth-order valence-electron chi connectivity index (χ4n) is 1.36. The molecule has 0 bridgehead atoms. The van der Waals surface area contributed by atoms with E-state index in [1.807, 2.05) is 13.8 Å². The van der Waals surface area contributed by atoms with Gasteiger partial charge >= 0.3 is 5.97 Å². The quantitative estimate of drug-likeness (QED) is 0.804. The second-order valence-electron chi connectivity index (χ2n) is 3.85. The molecule has 0 fully saturated rings. The first kappa shape index (κ1) is 12.4. The van der Waals surface area contributed by atoms with Crippen LogP contribution in [0.2, 0.25) is 0 Å². The third kappa shape index (κ3) is 3.81. The summed E-state index contributed by atoms with van der Waals surface area (Å²) in [5, 5.41) is 17.9. The third-order valence-electron chi connectivity index (χ3n) is 2.02. The zero-order valence-electron chi connectivity index (χ0n) is 9.43. The van der Waals surface area contributed by atoms with Crippen LogP contribution in [0.4, 0.5) is 0 Å². The van der Waals surface area contributed by atoms with E-state index in [9.17, 15) is 9.90 Å². The number of hydrogen-bond acceptors (Lipinski definition) is 3. The molecular formula is C12H16O4. The fourth-order valence-corrected chi connectivity index (χ4v) is 1.36. The van der Waals surface area contributed by atoms with Crippen LogP contribution in [0.1, 0.15) is 25.8 Å². The first-order valence-corrected chi connectivity index (χ1v) is 5.19. The lowest BCUT2D eigenvalue weighted by Crippen LogP contribution is -2.08. The second-order valence-corrected chi connectivity index (χ2v) is 3.85. The van der Waals surface area contributed by atoms with Crippen molar-refractivity contribution in [3.05, 3.63) is 23.8 Å². The van der Waals surface area contributed by atoms with Crippen LogP contribution in [-0.4, -0.2) is 22.3 Å². The van der Waals surface area contributed by atoms with Gasteiger partial charge < -0.3 is 14.9 Å². The SMILES string of the molecule is CC(C)Oc1cc(O)ccc1CCC(=O)O. The zero-order valence-corrected chi connectivity index (χ0v) is 9.43. The molecule has 0 radical (unpaired) electrons. The minimum Gasteiger partial charge on any atom is -0.508 e. The lowest BCUT2D eigenvalue weighted by Gasteiger charge is -2.14. The first-order chi connectivity index (χ1) is 7.49. The van der Waals surface area contributed by atoms with E-state index >= 15 is 0 Å². The average Bonchev–Trinajstić information content (AvgIpc) is 2.15. The topological polar surface area (TPSA) is 66.8 Å². The summed E-state index contributed by atoms with van der Waals surface area (Å²) in [6, 6.07) is 4.73. The van der Waals surface area contributed by atoms with Gasteiger partial charge in [-0.15, -0.1) is 0 Å². The summed E-state index contributed by atoms with van der Waals surface area (Å²) in [7, 11) is 0. The highest BCUT2D eigenvalue weighted by Crippen LogP contribution is 2.26. The van der Waals surface area contributed by atoms with Gasteiger partial charge in [-0.2, -0.15) is 0 Å². The summed E-state index contributed by atoms with van der Waals surface area (Å²) in [4.78, 5) is 10.5. The number of hydrogen-bond donors (Lipinski definition) is 2. The number of aromatic hydroxyl groups is 1. The Hall–Kier alpha value is -1.71. The van der Waals surface area contributed by atoms with E-state index in [2.05, 4.69) is 0 Å². The molecule has 1 aromatic rings. The maximum atomic E-state index is 10.5. The maximum Gasteiger partial charge on any atom is 0.303 e. The van der Waals surface area contributed by atoms with Crippen LogP contribution in [0.15, 0.2) is 18.2 Å². The Morgan fingerprint density at radius 2 is 2.12 bits per heavy atom. The van der Waals surface area contributed by atoms with E-state index < -0.39 is 5.97 Å². The number of carbonyl (C=O) groups is 1. The van der Waals surface area contributed by atoms with Gasteiger partial charge in [-0.3, -0.25) is 4.79 Å². The highest BCUT2D eigenvalue weighted by atomic mass is 16.5. The van der Waals surface area contributed by atoms with Gasteiger partial charge in [0.2, 0.25) is 0 Å². The van der Waals surface area contributed by atoms with Gasteiger partial charge in [0.05, 0.1) is 6.10 Å². The molecule has 0 saturated heterocycles. The summed E-state index contributed by atoms with van der Waals surface area (Å²) in [6.45, 7) is 3.76. The number of rotatable bonds is 5. The molecule has 1 rings (SSSR count). The molecule has 2 N–H and O–H groups in total. The molecule has 0 aromatic heterocycles. The molecule has 0 atom stereocenters. The van der Waals surface area contributed by atoms with Gasteiger partial charge in [0.1, 0.15) is 11.5 Å². The van der Waals surface area contributed by atoms with Crippen molar-refractivity contribution in [3.8, 4) is 11.5 Å². The Morgan fingerprint density at radius 3 is 2.69 bits per heavy atom. The van der Waals surface area contributed by atoms with Gasteiger partial charge in [0.25, 0.3) is 0 Å². The fraction of sp³-hybridized carbons (Fsp3) is 0.417. The number of phenolic OH excluding ortho intramolecular Hbond substituents is 1. The van der Waals surface area contributed by atoms with Crippen LogP contribution >= 0.6 is 0 Å². The molecule has 16 heavy (non-hydrogen) atoms. The van der Waals surface area contributed by atoms with Crippen LogP contribution < -0.4 is 4.74 Å². The van der Waals surface area contributed by atoms with Crippen molar-refractivity contribution < 1.29 is 19.7 Å². The zero-order chi connectivity index (χ0) is 12.1. The lowest BCUT2D eigenvalue weighted by molar-refractivity contribution is -0.136. The van der Waals surface area contributed by atoms with Crippen molar-refractivity contribution in [1.82, 2.24) is 0 Å². The van der Waals surface area contributed by atoms with Crippen LogP contribution in [0, 0.1) is 0 Å². The van der Waals surface area contributed by atoms with E-state index in [-0.39, 0.29) is 18.3 Å². The number of aliphatic carboxylic acids is 1. The van der Waals surface area contributed by atoms with Crippen LogP contribution in [-0.2, 0) is 11.2 Å². The number of benzene rings is 1. The van der Waals surface area contributed by atoms with Crippen molar-refractivity contribution in [2.24, 2.45) is 0 Å². The standard InChI is InChI=1S/C12H16O4/c1-8(2)16-11-7-10(13)5-3-9(11)4-6-12(14)15/h3,5,7-8,13H,4,6H2,1-2H3,(H,14,15). The van der Waals surface area contributed by atoms with Gasteiger partial charge in [-0.1, -0.05) is 6.07 Å². The maximum absolute atomic E-state index is 10.5. The number of phenols is 1. The molecular weight excluding hydrogens is 208 g/mol. The van der Waals surface area contributed by atoms with Crippen molar-refractivity contribution in [2.75, 3.05) is 0 Å². The molecule has 0 amide bonds. The van der Waals surface area contributed by atoms with Crippen LogP contribution in [0.5, 0.6) is 11.5 Å². The van der Waals surface area contributed by atoms with E-state index in [4.69, 9.17) is 9.84 Å². The predicted molar refractivity (Wildman–Crippen MR) is 59.8 cm³/mol. The number of carboxylic acid groups (broad SMARTS) is 1. The minimum atomic E-state index is -0.844. The van der Waals surface area contributed by atoms with Gasteiger partial charge in [-0.05, 0) is 31.9 Å². The van der Waals surface area contributed by atoms with Crippen LogP contribution in [0.3, 0.4) is 0 Å². The molecule has 0 spiro atoms. The number of aryl methyl sites for hydroxylation is 1. The molecule has 0 heterocycles. The van der Waals surface area contributed by atoms with Gasteiger partial charge in [0.15, 0.2) is 0 Å². The van der Waals surface area contributed by atoms with E-state index in [1.165, 1.54) is 12.1 Å². The number of ether oxygens (including phenoxy) is 1. The Balaban J connectivity index is 2.84. The monoisotopic (exact) mass is 224 g/mol. The minimum absolute atomic E-state index is 0.00891. The van der Waals surface area contributed by atoms with Crippen molar-refractivity contribution in [2.45, 2.75) is 32.8 Å². The molecule has 88 valence electrons. The summed E-state index contributed by atoms with van der Waals surface area (Å²) in [6.07, 6.45) is 0.446. The predicted octanol–water partition coefficient (Wildman–Crippen LogP) is 2.20. The second kappa shape index (κ2) is 5.39. The summed E-state index contributed by atoms with van der Waals surface area (Å²) in [5.41, 5.74) is 0.800. The van der Waals surface area contributed by atoms with E-state index in [1.54, 1.807) is 6.07 Å². The molecule has 1 aromatic carbocycles. The molecule has 0 aliphatic carbocycles. The lowest BCUT2D eigenvalue weighted by atomic mass is 10.1. The molecule has 4 heteroatoms. The Kier molecular flexibility index (Phi) is 4.17. The number of carboxylic acids is 1. The smallest absolute Gasteiger partial charge is 0.303 e. The Morgan fingerprint density at radius 1 is 1.44 bits per heavy atom. The Labute approximate surface area is 94.5 Å². The molecule has 0 unspecified atom stereocenters. The van der Waals surface area contributed by atoms with Gasteiger partial charge in [-0.25, -0.2) is 0 Å². The van der Waals surface area contributed by atoms with Crippen LogP contribution in [0.25, 0.3) is 0 Å². The van der Waals surface area contributed by atoms with Crippen molar-refractivity contribution in [1.29, 1.82) is 0 Å². The summed E-state index contributed by atoms with van der Waals surface area (Å²) in [5.74, 6) is -0.172. The first-order valence-electron chi connectivity index (χ1n) is 5.19. The molecule has 0 saturated carbocycles. The molecule has 4 nitrogen and oxygen atoms in total. The van der Waals surface area contributed by atoms with E-state index in [0.717, 1.165) is 5.56 Å². The average molecular weight is 224 g/mol. The molecule has 0 aliphatic rings. The van der Waals surface area contributed by atoms with E-state index in [0.29, 0.717) is 12.2 Å². The van der Waals surface area contributed by atoms with Crippen molar-refractivity contribution >= 4 is 5.97 Å². The largest absolute Gasteiger partial charge is 0.508 e. The van der Waals surface area contributed by atoms with Gasteiger partial charge in [0, 0.05) is 12.5 Å². The summed E-state index contributed by atoms with van der Waals surface area (Å²) >= 11 is 0. The summed E-state index contributed by atoms with van der Waals surface area (Å²) < 4.78 is 5.51. The molecule has 0 aliphatic heterocycles. The third-order valence-corrected chi connectivity index (χ3v) is 2.02.